The average Bonchev–Trinajstić information content (AvgIpc) is 2.69. The predicted octanol–water partition coefficient (Wildman–Crippen LogP) is 2.91. The molecule has 1 aliphatic carbocycles. The Labute approximate surface area is 102 Å². The number of hydrogen-bond acceptors (Lipinski definition) is 2. The zero-order valence-corrected chi connectivity index (χ0v) is 10.2. The Morgan fingerprint density at radius 1 is 1.41 bits per heavy atom. The van der Waals surface area contributed by atoms with E-state index < -0.39 is 5.41 Å². The number of carbonyl (C=O) groups excluding carboxylic acids is 1. The van der Waals surface area contributed by atoms with Gasteiger partial charge in [0.1, 0.15) is 0 Å². The minimum Gasteiger partial charge on any atom is -0.466 e. The molecule has 1 aromatic rings. The molecule has 0 amide bonds. The van der Waals surface area contributed by atoms with E-state index in [0.717, 1.165) is 12.8 Å². The van der Waals surface area contributed by atoms with Crippen molar-refractivity contribution in [2.45, 2.75) is 26.2 Å². The molecule has 2 nitrogen and oxygen atoms in total. The van der Waals surface area contributed by atoms with Gasteiger partial charge in [0.25, 0.3) is 0 Å². The highest BCUT2D eigenvalue weighted by molar-refractivity contribution is 5.79. The van der Waals surface area contributed by atoms with Crippen LogP contribution < -0.4 is 0 Å². The van der Waals surface area contributed by atoms with Gasteiger partial charge in [0, 0.05) is 0 Å². The fourth-order valence-electron chi connectivity index (χ4n) is 2.63. The normalized spacial score (nSPS) is 16.3. The van der Waals surface area contributed by atoms with Crippen molar-refractivity contribution in [1.82, 2.24) is 0 Å². The molecule has 0 saturated heterocycles. The van der Waals surface area contributed by atoms with Gasteiger partial charge in [-0.1, -0.05) is 30.3 Å². The molecule has 0 heterocycles. The molecule has 0 aromatic heterocycles. The van der Waals surface area contributed by atoms with Crippen molar-refractivity contribution in [3.8, 4) is 0 Å². The van der Waals surface area contributed by atoms with E-state index >= 15 is 0 Å². The number of esters is 1. The molecule has 0 fully saturated rings. The largest absolute Gasteiger partial charge is 0.466 e. The van der Waals surface area contributed by atoms with Gasteiger partial charge in [-0.25, -0.2) is 0 Å². The summed E-state index contributed by atoms with van der Waals surface area (Å²) in [6, 6.07) is 8.24. The Morgan fingerprint density at radius 2 is 2.00 bits per heavy atom. The molecule has 2 rings (SSSR count). The van der Waals surface area contributed by atoms with Crippen molar-refractivity contribution in [2.75, 3.05) is 6.61 Å². The highest BCUT2D eigenvalue weighted by Gasteiger charge is 2.43. The SMILES string of the molecule is C=CCC1(C(=O)OCC)Cc2ccccc2C1. The molecule has 0 spiro atoms. The van der Waals surface area contributed by atoms with E-state index in [4.69, 9.17) is 4.74 Å². The molecular formula is C15H18O2. The van der Waals surface area contributed by atoms with E-state index in [1.165, 1.54) is 11.1 Å². The summed E-state index contributed by atoms with van der Waals surface area (Å²) in [5, 5.41) is 0. The first kappa shape index (κ1) is 11.9. The minimum atomic E-state index is -0.415. The van der Waals surface area contributed by atoms with Crippen molar-refractivity contribution in [1.29, 1.82) is 0 Å². The van der Waals surface area contributed by atoms with Crippen molar-refractivity contribution >= 4 is 5.97 Å². The summed E-state index contributed by atoms with van der Waals surface area (Å²) in [5.74, 6) is -0.0869. The Bertz CT molecular complexity index is 409. The van der Waals surface area contributed by atoms with Crippen LogP contribution >= 0.6 is 0 Å². The van der Waals surface area contributed by atoms with Gasteiger partial charge in [-0.05, 0) is 37.3 Å². The lowest BCUT2D eigenvalue weighted by Crippen LogP contribution is -2.33. The summed E-state index contributed by atoms with van der Waals surface area (Å²) in [5.41, 5.74) is 2.12. The van der Waals surface area contributed by atoms with Crippen molar-refractivity contribution in [3.05, 3.63) is 48.0 Å². The van der Waals surface area contributed by atoms with Gasteiger partial charge in [-0.15, -0.1) is 6.58 Å². The fourth-order valence-corrected chi connectivity index (χ4v) is 2.63. The zero-order valence-electron chi connectivity index (χ0n) is 10.2. The van der Waals surface area contributed by atoms with E-state index in [1.54, 1.807) is 0 Å². The molecule has 17 heavy (non-hydrogen) atoms. The number of hydrogen-bond donors (Lipinski definition) is 0. The average molecular weight is 230 g/mol. The summed E-state index contributed by atoms with van der Waals surface area (Å²) in [6.45, 7) is 6.05. The predicted molar refractivity (Wildman–Crippen MR) is 67.7 cm³/mol. The smallest absolute Gasteiger partial charge is 0.313 e. The molecule has 0 bridgehead atoms. The van der Waals surface area contributed by atoms with Gasteiger partial charge in [0.2, 0.25) is 0 Å². The molecule has 0 aliphatic heterocycles. The first-order valence-electron chi connectivity index (χ1n) is 6.07. The molecule has 1 aliphatic rings. The highest BCUT2D eigenvalue weighted by atomic mass is 16.5. The molecule has 0 atom stereocenters. The second-order valence-corrected chi connectivity index (χ2v) is 4.62. The first-order valence-corrected chi connectivity index (χ1v) is 6.07. The lowest BCUT2D eigenvalue weighted by molar-refractivity contribution is -0.154. The molecule has 2 heteroatoms. The third-order valence-corrected chi connectivity index (χ3v) is 3.42. The highest BCUT2D eigenvalue weighted by Crippen LogP contribution is 2.41. The standard InChI is InChI=1S/C15H18O2/c1-3-9-15(14(16)17-4-2)10-12-7-5-6-8-13(12)11-15/h3,5-8H,1,4,9-11H2,2H3. The lowest BCUT2D eigenvalue weighted by atomic mass is 9.81. The number of benzene rings is 1. The van der Waals surface area contributed by atoms with Gasteiger partial charge in [0.15, 0.2) is 0 Å². The van der Waals surface area contributed by atoms with Crippen LogP contribution in [-0.2, 0) is 22.4 Å². The molecule has 0 unspecified atom stereocenters. The number of rotatable bonds is 4. The van der Waals surface area contributed by atoms with Crippen molar-refractivity contribution < 1.29 is 9.53 Å². The number of allylic oxidation sites excluding steroid dienone is 1. The van der Waals surface area contributed by atoms with Crippen LogP contribution in [0, 0.1) is 5.41 Å². The number of ether oxygens (including phenoxy) is 1. The third kappa shape index (κ3) is 2.12. The van der Waals surface area contributed by atoms with Crippen molar-refractivity contribution in [3.63, 3.8) is 0 Å². The Hall–Kier alpha value is -1.57. The maximum atomic E-state index is 12.2. The third-order valence-electron chi connectivity index (χ3n) is 3.42. The van der Waals surface area contributed by atoms with Crippen LogP contribution in [0.1, 0.15) is 24.5 Å². The maximum absolute atomic E-state index is 12.2. The molecule has 0 radical (unpaired) electrons. The summed E-state index contributed by atoms with van der Waals surface area (Å²) in [4.78, 5) is 12.2. The Balaban J connectivity index is 2.28. The van der Waals surface area contributed by atoms with Gasteiger partial charge in [-0.3, -0.25) is 4.79 Å². The first-order chi connectivity index (χ1) is 8.22. The van der Waals surface area contributed by atoms with Crippen LogP contribution in [0.25, 0.3) is 0 Å². The van der Waals surface area contributed by atoms with Gasteiger partial charge in [0.05, 0.1) is 12.0 Å². The van der Waals surface area contributed by atoms with E-state index in [2.05, 4.69) is 18.7 Å². The lowest BCUT2D eigenvalue weighted by Gasteiger charge is -2.24. The molecule has 1 aromatic carbocycles. The van der Waals surface area contributed by atoms with E-state index in [-0.39, 0.29) is 5.97 Å². The topological polar surface area (TPSA) is 26.3 Å². The second kappa shape index (κ2) is 4.74. The monoisotopic (exact) mass is 230 g/mol. The number of carbonyl (C=O) groups is 1. The number of fused-ring (bicyclic) bond motifs is 1. The fraction of sp³-hybridized carbons (Fsp3) is 0.400. The molecule has 0 saturated carbocycles. The summed E-state index contributed by atoms with van der Waals surface area (Å²) in [7, 11) is 0. The quantitative estimate of drug-likeness (QED) is 0.587. The van der Waals surface area contributed by atoms with Crippen LogP contribution in [0.3, 0.4) is 0 Å². The summed E-state index contributed by atoms with van der Waals surface area (Å²) >= 11 is 0. The van der Waals surface area contributed by atoms with E-state index in [0.29, 0.717) is 13.0 Å². The summed E-state index contributed by atoms with van der Waals surface area (Å²) in [6.07, 6.45) is 4.05. The maximum Gasteiger partial charge on any atom is 0.313 e. The van der Waals surface area contributed by atoms with Crippen LogP contribution in [0.15, 0.2) is 36.9 Å². The van der Waals surface area contributed by atoms with Gasteiger partial charge >= 0.3 is 5.97 Å². The van der Waals surface area contributed by atoms with Crippen LogP contribution in [0.2, 0.25) is 0 Å². The van der Waals surface area contributed by atoms with Gasteiger partial charge in [-0.2, -0.15) is 0 Å². The van der Waals surface area contributed by atoms with Crippen LogP contribution in [-0.4, -0.2) is 12.6 Å². The van der Waals surface area contributed by atoms with Crippen LogP contribution in [0.4, 0.5) is 0 Å². The molecular weight excluding hydrogens is 212 g/mol. The minimum absolute atomic E-state index is 0.0869. The van der Waals surface area contributed by atoms with E-state index in [9.17, 15) is 4.79 Å². The Kier molecular flexibility index (Phi) is 3.32. The second-order valence-electron chi connectivity index (χ2n) is 4.62. The van der Waals surface area contributed by atoms with E-state index in [1.807, 2.05) is 25.1 Å². The van der Waals surface area contributed by atoms with Gasteiger partial charge < -0.3 is 4.74 Å². The summed E-state index contributed by atoms with van der Waals surface area (Å²) < 4.78 is 5.23. The van der Waals surface area contributed by atoms with Crippen LogP contribution in [0.5, 0.6) is 0 Å². The molecule has 0 N–H and O–H groups in total. The zero-order chi connectivity index (χ0) is 12.3. The molecule has 90 valence electrons. The Morgan fingerprint density at radius 3 is 2.47 bits per heavy atom. The van der Waals surface area contributed by atoms with Crippen molar-refractivity contribution in [2.24, 2.45) is 5.41 Å².